The van der Waals surface area contributed by atoms with E-state index < -0.39 is 0 Å². The predicted molar refractivity (Wildman–Crippen MR) is 51.4 cm³/mol. The van der Waals surface area contributed by atoms with Crippen LogP contribution in [0, 0.1) is 0 Å². The number of thioether (sulfide) groups is 1. The van der Waals surface area contributed by atoms with Gasteiger partial charge in [0.25, 0.3) is 0 Å². The minimum absolute atomic E-state index is 0.140. The fourth-order valence-electron chi connectivity index (χ4n) is 1.16. The van der Waals surface area contributed by atoms with Gasteiger partial charge in [-0.3, -0.25) is 4.79 Å². The van der Waals surface area contributed by atoms with Crippen LogP contribution in [0.15, 0.2) is 0 Å². The second kappa shape index (κ2) is 5.43. The molecule has 69 valence electrons. The highest BCUT2D eigenvalue weighted by Gasteiger charge is 2.14. The topological polar surface area (TPSA) is 43.2 Å². The Hall–Kier alpha value is -0.220. The number of carbonyl (C=O) groups excluding carboxylic acids is 1. The molecule has 1 rings (SSSR count). The van der Waals surface area contributed by atoms with E-state index in [-0.39, 0.29) is 5.91 Å². The molecule has 1 radical (unpaired) electrons. The van der Waals surface area contributed by atoms with Crippen molar-refractivity contribution in [3.63, 3.8) is 0 Å². The lowest BCUT2D eigenvalue weighted by atomic mass is 10.2. The fourth-order valence-corrected chi connectivity index (χ4v) is 2.23. The molecule has 0 aliphatic carbocycles. The molecule has 1 N–H and O–H groups in total. The zero-order chi connectivity index (χ0) is 8.81. The lowest BCUT2D eigenvalue weighted by Crippen LogP contribution is -2.29. The SMILES string of the molecule is CNC(=O)CCC1C[N]CCS1. The van der Waals surface area contributed by atoms with E-state index in [2.05, 4.69) is 10.6 Å². The summed E-state index contributed by atoms with van der Waals surface area (Å²) < 4.78 is 0. The minimum Gasteiger partial charge on any atom is -0.359 e. The Labute approximate surface area is 77.7 Å². The summed E-state index contributed by atoms with van der Waals surface area (Å²) in [5.41, 5.74) is 0. The van der Waals surface area contributed by atoms with E-state index in [1.54, 1.807) is 7.05 Å². The van der Waals surface area contributed by atoms with E-state index in [1.807, 2.05) is 11.8 Å². The lowest BCUT2D eigenvalue weighted by Gasteiger charge is -2.20. The zero-order valence-corrected chi connectivity index (χ0v) is 8.19. The smallest absolute Gasteiger partial charge is 0.219 e. The summed E-state index contributed by atoms with van der Waals surface area (Å²) in [6, 6.07) is 0. The number of nitrogens with one attached hydrogen (secondary N) is 1. The Kier molecular flexibility index (Phi) is 4.46. The molecule has 0 spiro atoms. The minimum atomic E-state index is 0.140. The predicted octanol–water partition coefficient (Wildman–Crippen LogP) is 0.232. The molecule has 0 bridgehead atoms. The molecule has 1 unspecified atom stereocenters. The van der Waals surface area contributed by atoms with Crippen molar-refractivity contribution in [2.45, 2.75) is 18.1 Å². The van der Waals surface area contributed by atoms with E-state index in [9.17, 15) is 4.79 Å². The molecule has 1 fully saturated rings. The van der Waals surface area contributed by atoms with Gasteiger partial charge >= 0.3 is 0 Å². The lowest BCUT2D eigenvalue weighted by molar-refractivity contribution is -0.120. The molecule has 0 aromatic rings. The molecule has 1 atom stereocenters. The van der Waals surface area contributed by atoms with Gasteiger partial charge in [-0.15, -0.1) is 0 Å². The summed E-state index contributed by atoms with van der Waals surface area (Å²) in [7, 11) is 1.68. The van der Waals surface area contributed by atoms with Gasteiger partial charge in [-0.2, -0.15) is 11.8 Å². The van der Waals surface area contributed by atoms with Crippen LogP contribution < -0.4 is 10.6 Å². The standard InChI is InChI=1S/C8H15N2OS/c1-9-8(11)3-2-7-6-10-4-5-12-7/h7H,2-6H2,1H3,(H,9,11). The van der Waals surface area contributed by atoms with Gasteiger partial charge in [0.1, 0.15) is 0 Å². The zero-order valence-electron chi connectivity index (χ0n) is 7.38. The second-order valence-corrected chi connectivity index (χ2v) is 4.24. The summed E-state index contributed by atoms with van der Waals surface area (Å²) in [6.45, 7) is 1.92. The first-order chi connectivity index (χ1) is 5.83. The van der Waals surface area contributed by atoms with Gasteiger partial charge in [0.05, 0.1) is 0 Å². The van der Waals surface area contributed by atoms with Gasteiger partial charge in [-0.05, 0) is 6.42 Å². The largest absolute Gasteiger partial charge is 0.359 e. The van der Waals surface area contributed by atoms with Gasteiger partial charge in [0, 0.05) is 37.6 Å². The molecule has 1 heterocycles. The van der Waals surface area contributed by atoms with Gasteiger partial charge in [-0.25, -0.2) is 5.32 Å². The summed E-state index contributed by atoms with van der Waals surface area (Å²) in [4.78, 5) is 10.9. The molecule has 1 amide bonds. The number of hydrogen-bond donors (Lipinski definition) is 1. The maximum atomic E-state index is 10.9. The van der Waals surface area contributed by atoms with Crippen LogP contribution in [-0.4, -0.2) is 37.0 Å². The Morgan fingerprint density at radius 1 is 1.75 bits per heavy atom. The summed E-state index contributed by atoms with van der Waals surface area (Å²) >= 11 is 1.94. The van der Waals surface area contributed by atoms with Crippen LogP contribution in [0.3, 0.4) is 0 Å². The monoisotopic (exact) mass is 187 g/mol. The van der Waals surface area contributed by atoms with Crippen molar-refractivity contribution in [3.8, 4) is 0 Å². The van der Waals surface area contributed by atoms with Crippen LogP contribution in [0.2, 0.25) is 0 Å². The Bertz CT molecular complexity index is 146. The first-order valence-electron chi connectivity index (χ1n) is 4.28. The first-order valence-corrected chi connectivity index (χ1v) is 5.33. The van der Waals surface area contributed by atoms with Crippen LogP contribution in [-0.2, 0) is 4.79 Å². The van der Waals surface area contributed by atoms with E-state index in [0.717, 1.165) is 25.3 Å². The molecule has 0 aromatic heterocycles. The van der Waals surface area contributed by atoms with Crippen LogP contribution in [0.5, 0.6) is 0 Å². The highest BCUT2D eigenvalue weighted by molar-refractivity contribution is 8.00. The number of carbonyl (C=O) groups is 1. The maximum absolute atomic E-state index is 10.9. The van der Waals surface area contributed by atoms with Crippen molar-refractivity contribution in [3.05, 3.63) is 0 Å². The molecule has 1 aliphatic heterocycles. The number of hydrogen-bond acceptors (Lipinski definition) is 2. The average molecular weight is 187 g/mol. The molecule has 12 heavy (non-hydrogen) atoms. The fraction of sp³-hybridized carbons (Fsp3) is 0.875. The Morgan fingerprint density at radius 3 is 3.17 bits per heavy atom. The number of rotatable bonds is 3. The van der Waals surface area contributed by atoms with Crippen LogP contribution in [0.25, 0.3) is 0 Å². The molecule has 0 aromatic carbocycles. The maximum Gasteiger partial charge on any atom is 0.219 e. The molecule has 1 saturated heterocycles. The third-order valence-corrected chi connectivity index (χ3v) is 3.18. The Morgan fingerprint density at radius 2 is 2.58 bits per heavy atom. The van der Waals surface area contributed by atoms with E-state index >= 15 is 0 Å². The molecule has 3 nitrogen and oxygen atoms in total. The number of amides is 1. The highest BCUT2D eigenvalue weighted by Crippen LogP contribution is 2.18. The van der Waals surface area contributed by atoms with Crippen molar-refractivity contribution >= 4 is 17.7 Å². The van der Waals surface area contributed by atoms with E-state index in [4.69, 9.17) is 0 Å². The number of nitrogens with zero attached hydrogens (tertiary/aromatic N) is 1. The van der Waals surface area contributed by atoms with Crippen molar-refractivity contribution in [2.24, 2.45) is 0 Å². The molecular weight excluding hydrogens is 172 g/mol. The average Bonchev–Trinajstić information content (AvgIpc) is 2.16. The van der Waals surface area contributed by atoms with E-state index in [0.29, 0.717) is 11.7 Å². The van der Waals surface area contributed by atoms with Gasteiger partial charge in [-0.1, -0.05) is 0 Å². The summed E-state index contributed by atoms with van der Waals surface area (Å²) in [5, 5.41) is 7.52. The van der Waals surface area contributed by atoms with Gasteiger partial charge in [0.2, 0.25) is 5.91 Å². The van der Waals surface area contributed by atoms with Gasteiger partial charge in [0.15, 0.2) is 0 Å². The third kappa shape index (κ3) is 3.45. The summed E-state index contributed by atoms with van der Waals surface area (Å²) in [6.07, 6.45) is 1.61. The quantitative estimate of drug-likeness (QED) is 0.687. The van der Waals surface area contributed by atoms with Crippen molar-refractivity contribution in [1.29, 1.82) is 0 Å². The Balaban J connectivity index is 2.09. The van der Waals surface area contributed by atoms with Crippen molar-refractivity contribution in [2.75, 3.05) is 25.9 Å². The normalized spacial score (nSPS) is 23.6. The van der Waals surface area contributed by atoms with E-state index in [1.165, 1.54) is 0 Å². The molecule has 0 saturated carbocycles. The summed E-state index contributed by atoms with van der Waals surface area (Å²) in [5.74, 6) is 1.26. The van der Waals surface area contributed by atoms with Crippen LogP contribution in [0.4, 0.5) is 0 Å². The third-order valence-electron chi connectivity index (χ3n) is 1.91. The highest BCUT2D eigenvalue weighted by atomic mass is 32.2. The van der Waals surface area contributed by atoms with Crippen molar-refractivity contribution < 1.29 is 4.79 Å². The second-order valence-electron chi connectivity index (χ2n) is 2.83. The molecule has 1 aliphatic rings. The van der Waals surface area contributed by atoms with Crippen molar-refractivity contribution in [1.82, 2.24) is 10.6 Å². The first kappa shape index (κ1) is 9.86. The molecular formula is C8H15N2OS. The van der Waals surface area contributed by atoms with Crippen LogP contribution in [0.1, 0.15) is 12.8 Å². The molecule has 4 heteroatoms. The van der Waals surface area contributed by atoms with Crippen LogP contribution >= 0.6 is 11.8 Å². The van der Waals surface area contributed by atoms with Gasteiger partial charge < -0.3 is 5.32 Å².